The van der Waals surface area contributed by atoms with E-state index in [2.05, 4.69) is 33.6 Å². The van der Waals surface area contributed by atoms with E-state index in [9.17, 15) is 9.59 Å². The van der Waals surface area contributed by atoms with Crippen LogP contribution in [0.5, 0.6) is 5.75 Å². The summed E-state index contributed by atoms with van der Waals surface area (Å²) in [6.45, 7) is 11.6. The van der Waals surface area contributed by atoms with E-state index in [0.717, 1.165) is 34.0 Å². The Morgan fingerprint density at radius 1 is 1.24 bits per heavy atom. The van der Waals surface area contributed by atoms with Crippen LogP contribution in [0.15, 0.2) is 42.0 Å². The monoisotopic (exact) mass is 534 g/mol. The Balaban J connectivity index is 1.69. The van der Waals surface area contributed by atoms with E-state index in [1.807, 2.05) is 36.9 Å². The van der Waals surface area contributed by atoms with Crippen LogP contribution in [0.1, 0.15) is 25.0 Å². The number of aromatic nitrogens is 2. The molecule has 2 amide bonds. The molecule has 3 heterocycles. The first-order valence-corrected chi connectivity index (χ1v) is 13.0. The number of aliphatic imine (C=N–C) groups is 1. The fraction of sp³-hybridized carbons (Fsp3) is 0.357. The molecule has 0 saturated carbocycles. The van der Waals surface area contributed by atoms with E-state index in [0.29, 0.717) is 54.1 Å². The third-order valence-corrected chi connectivity index (χ3v) is 7.75. The van der Waals surface area contributed by atoms with Crippen LogP contribution in [-0.2, 0) is 9.59 Å². The fourth-order valence-corrected chi connectivity index (χ4v) is 5.91. The number of rotatable bonds is 4. The first-order valence-electron chi connectivity index (χ1n) is 12.6. The summed E-state index contributed by atoms with van der Waals surface area (Å²) in [5, 5.41) is 8.66. The van der Waals surface area contributed by atoms with Crippen LogP contribution >= 0.6 is 11.6 Å². The summed E-state index contributed by atoms with van der Waals surface area (Å²) in [6.07, 6.45) is 3.96. The Morgan fingerprint density at radius 2 is 1.97 bits per heavy atom. The number of nitrogens with one attached hydrogen (secondary N) is 1. The van der Waals surface area contributed by atoms with Gasteiger partial charge in [-0.05, 0) is 44.5 Å². The van der Waals surface area contributed by atoms with E-state index in [4.69, 9.17) is 16.3 Å². The standard InChI is InChI=1S/C28H31ClN6O3/c1-6-23(37)34-13-18(4)35(14-17(34)3)28(30-5)19-11-21(29)25(27-26(19)33(15-36)9-10-38-27)24-16(2)7-8-22-20(24)12-31-32-22/h6-8,11-12,15,17-18H,1,9-10,13-14H2,2-5H3,(H,31,32)/t17-,18+/m1/s1. The third kappa shape index (κ3) is 4.11. The van der Waals surface area contributed by atoms with Gasteiger partial charge in [0.2, 0.25) is 12.3 Å². The lowest BCUT2D eigenvalue weighted by atomic mass is 9.92. The van der Waals surface area contributed by atoms with Gasteiger partial charge >= 0.3 is 0 Å². The van der Waals surface area contributed by atoms with Crippen molar-refractivity contribution in [3.63, 3.8) is 0 Å². The normalized spacial score (nSPS) is 19.8. The number of aryl methyl sites for hydroxylation is 1. The number of carbonyl (C=O) groups is 2. The minimum atomic E-state index is -0.0897. The number of hydrogen-bond donors (Lipinski definition) is 1. The number of nitrogens with zero attached hydrogens (tertiary/aromatic N) is 5. The third-order valence-electron chi connectivity index (χ3n) is 7.45. The van der Waals surface area contributed by atoms with Gasteiger partial charge in [0.1, 0.15) is 12.4 Å². The Kier molecular flexibility index (Phi) is 6.88. The van der Waals surface area contributed by atoms with Crippen LogP contribution in [0.4, 0.5) is 5.69 Å². The minimum absolute atomic E-state index is 0.0287. The lowest BCUT2D eigenvalue weighted by molar-refractivity contribution is -0.130. The van der Waals surface area contributed by atoms with Crippen LogP contribution in [0.2, 0.25) is 5.02 Å². The highest BCUT2D eigenvalue weighted by Crippen LogP contribution is 2.49. The zero-order valence-electron chi connectivity index (χ0n) is 22.0. The minimum Gasteiger partial charge on any atom is -0.489 e. The van der Waals surface area contributed by atoms with Gasteiger partial charge < -0.3 is 19.4 Å². The number of amides is 2. The highest BCUT2D eigenvalue weighted by atomic mass is 35.5. The second-order valence-corrected chi connectivity index (χ2v) is 10.2. The van der Waals surface area contributed by atoms with Crippen LogP contribution in [0.25, 0.3) is 22.0 Å². The maximum Gasteiger partial charge on any atom is 0.246 e. The van der Waals surface area contributed by atoms with Crippen molar-refractivity contribution >= 4 is 46.3 Å². The van der Waals surface area contributed by atoms with Crippen molar-refractivity contribution in [1.82, 2.24) is 20.0 Å². The van der Waals surface area contributed by atoms with Gasteiger partial charge in [0.05, 0.1) is 29.0 Å². The number of fused-ring (bicyclic) bond motifs is 2. The van der Waals surface area contributed by atoms with E-state index < -0.39 is 0 Å². The van der Waals surface area contributed by atoms with Gasteiger partial charge in [-0.15, -0.1) is 0 Å². The molecule has 1 aromatic heterocycles. The second kappa shape index (κ2) is 10.1. The second-order valence-electron chi connectivity index (χ2n) is 9.79. The molecule has 0 aliphatic carbocycles. The smallest absolute Gasteiger partial charge is 0.246 e. The van der Waals surface area contributed by atoms with Crippen molar-refractivity contribution < 1.29 is 14.3 Å². The first kappa shape index (κ1) is 25.8. The molecule has 1 saturated heterocycles. The quantitative estimate of drug-likeness (QED) is 0.236. The molecule has 1 fully saturated rings. The molecule has 10 heteroatoms. The lowest BCUT2D eigenvalue weighted by Gasteiger charge is -2.45. The van der Waals surface area contributed by atoms with Crippen molar-refractivity contribution in [2.45, 2.75) is 32.9 Å². The number of ether oxygens (including phenoxy) is 1. The Hall–Kier alpha value is -3.85. The topological polar surface area (TPSA) is 94.1 Å². The average Bonchev–Trinajstić information content (AvgIpc) is 3.39. The molecular weight excluding hydrogens is 504 g/mol. The predicted octanol–water partition coefficient (Wildman–Crippen LogP) is 4.03. The molecule has 0 spiro atoms. The molecule has 9 nitrogen and oxygen atoms in total. The van der Waals surface area contributed by atoms with Gasteiger partial charge in [0.25, 0.3) is 0 Å². The summed E-state index contributed by atoms with van der Waals surface area (Å²) in [4.78, 5) is 35.1. The highest BCUT2D eigenvalue weighted by molar-refractivity contribution is 6.35. The summed E-state index contributed by atoms with van der Waals surface area (Å²) in [5.74, 6) is 1.15. The summed E-state index contributed by atoms with van der Waals surface area (Å²) < 4.78 is 6.28. The van der Waals surface area contributed by atoms with Gasteiger partial charge in [0.15, 0.2) is 5.75 Å². The van der Waals surface area contributed by atoms with Crippen molar-refractivity contribution in [2.75, 3.05) is 38.2 Å². The molecular formula is C28H31ClN6O3. The Bertz CT molecular complexity index is 1460. The zero-order valence-corrected chi connectivity index (χ0v) is 22.7. The van der Waals surface area contributed by atoms with Crippen LogP contribution < -0.4 is 9.64 Å². The number of carbonyl (C=O) groups excluding carboxylic acids is 2. The summed E-state index contributed by atoms with van der Waals surface area (Å²) in [7, 11) is 1.73. The van der Waals surface area contributed by atoms with E-state index >= 15 is 0 Å². The molecule has 1 N–H and O–H groups in total. The average molecular weight is 535 g/mol. The van der Waals surface area contributed by atoms with Crippen LogP contribution in [-0.4, -0.2) is 83.5 Å². The molecule has 2 aliphatic rings. The van der Waals surface area contributed by atoms with Crippen LogP contribution in [0.3, 0.4) is 0 Å². The number of amidine groups is 1. The molecule has 5 rings (SSSR count). The highest BCUT2D eigenvalue weighted by Gasteiger charge is 2.36. The van der Waals surface area contributed by atoms with E-state index in [-0.39, 0.29) is 18.0 Å². The fourth-order valence-electron chi connectivity index (χ4n) is 5.62. The molecule has 3 aromatic rings. The van der Waals surface area contributed by atoms with Gasteiger partial charge in [-0.25, -0.2) is 0 Å². The summed E-state index contributed by atoms with van der Waals surface area (Å²) in [6, 6.07) is 5.78. The van der Waals surface area contributed by atoms with E-state index in [1.165, 1.54) is 6.08 Å². The van der Waals surface area contributed by atoms with Crippen molar-refractivity contribution in [1.29, 1.82) is 0 Å². The van der Waals surface area contributed by atoms with Gasteiger partial charge in [-0.1, -0.05) is 24.2 Å². The van der Waals surface area contributed by atoms with Crippen molar-refractivity contribution in [3.05, 3.63) is 53.2 Å². The molecule has 2 aliphatic heterocycles. The Morgan fingerprint density at radius 3 is 2.68 bits per heavy atom. The van der Waals surface area contributed by atoms with Crippen molar-refractivity contribution in [2.24, 2.45) is 4.99 Å². The molecule has 0 bridgehead atoms. The number of aromatic amines is 1. The molecule has 0 radical (unpaired) electrons. The maximum atomic E-state index is 12.4. The number of H-pyrrole nitrogens is 1. The number of hydrogen-bond acceptors (Lipinski definition) is 5. The maximum absolute atomic E-state index is 12.4. The molecule has 2 aromatic carbocycles. The largest absolute Gasteiger partial charge is 0.489 e. The summed E-state index contributed by atoms with van der Waals surface area (Å²) >= 11 is 7.06. The zero-order chi connectivity index (χ0) is 27.1. The lowest BCUT2D eigenvalue weighted by Crippen LogP contribution is -2.59. The predicted molar refractivity (Wildman–Crippen MR) is 150 cm³/mol. The first-order chi connectivity index (χ1) is 18.3. The van der Waals surface area contributed by atoms with Crippen molar-refractivity contribution in [3.8, 4) is 16.9 Å². The molecule has 38 heavy (non-hydrogen) atoms. The number of piperazine rings is 1. The molecule has 2 atom stereocenters. The number of benzene rings is 2. The van der Waals surface area contributed by atoms with Crippen LogP contribution in [0, 0.1) is 6.92 Å². The molecule has 198 valence electrons. The number of anilines is 1. The van der Waals surface area contributed by atoms with Gasteiger partial charge in [-0.2, -0.15) is 5.10 Å². The number of halogens is 1. The van der Waals surface area contributed by atoms with Gasteiger partial charge in [0, 0.05) is 54.3 Å². The van der Waals surface area contributed by atoms with E-state index in [1.54, 1.807) is 18.1 Å². The van der Waals surface area contributed by atoms with Gasteiger partial charge in [-0.3, -0.25) is 19.7 Å². The molecule has 0 unspecified atom stereocenters. The summed E-state index contributed by atoms with van der Waals surface area (Å²) in [5.41, 5.74) is 4.87. The Labute approximate surface area is 226 Å². The SMILES string of the molecule is C=CC(=O)N1C[C@H](C)N(C(=NC)c2cc(Cl)c(-c3c(C)ccc4[nH]ncc34)c3c2N(C=O)CCO3)C[C@H]1C.